The summed E-state index contributed by atoms with van der Waals surface area (Å²) in [7, 11) is 1.62. The Morgan fingerprint density at radius 3 is 2.56 bits per heavy atom. The van der Waals surface area contributed by atoms with Crippen molar-refractivity contribution in [2.75, 3.05) is 7.11 Å². The molecule has 45 heavy (non-hydrogen) atoms. The van der Waals surface area contributed by atoms with Crippen LogP contribution in [-0.2, 0) is 6.61 Å². The fourth-order valence-corrected chi connectivity index (χ4v) is 5.80. The molecular weight excluding hydrogens is 683 g/mol. The lowest BCUT2D eigenvalue weighted by Gasteiger charge is -2.17. The molecule has 5 aromatic rings. The molecule has 0 saturated carbocycles. The van der Waals surface area contributed by atoms with E-state index in [1.165, 1.54) is 17.0 Å². The second-order valence-corrected chi connectivity index (χ2v) is 12.3. The minimum atomic E-state index is -0.551. The van der Waals surface area contributed by atoms with Gasteiger partial charge in [-0.25, -0.2) is 4.98 Å². The van der Waals surface area contributed by atoms with E-state index >= 15 is 0 Å². The Kier molecular flexibility index (Phi) is 9.57. The van der Waals surface area contributed by atoms with Crippen LogP contribution < -0.4 is 15.0 Å². The average molecular weight is 710 g/mol. The predicted molar refractivity (Wildman–Crippen MR) is 181 cm³/mol. The van der Waals surface area contributed by atoms with Gasteiger partial charge < -0.3 is 9.47 Å². The first kappa shape index (κ1) is 32.2. The number of rotatable bonds is 9. The third-order valence-electron chi connectivity index (χ3n) is 7.15. The zero-order valence-corrected chi connectivity index (χ0v) is 27.8. The molecule has 0 radical (unpaired) electrons. The first-order valence-corrected chi connectivity index (χ1v) is 15.3. The molecule has 0 N–H and O–H groups in total. The van der Waals surface area contributed by atoms with Crippen LogP contribution in [0.2, 0.25) is 10.0 Å². The highest BCUT2D eigenvalue weighted by atomic mass is 79.9. The summed E-state index contributed by atoms with van der Waals surface area (Å²) in [4.78, 5) is 30.3. The number of nitro benzene ring substituents is 1. The summed E-state index contributed by atoms with van der Waals surface area (Å²) in [5.74, 6) is 1.11. The Labute approximate surface area is 277 Å². The van der Waals surface area contributed by atoms with Crippen molar-refractivity contribution in [3.05, 3.63) is 124 Å². The number of benzene rings is 4. The maximum absolute atomic E-state index is 13.9. The van der Waals surface area contributed by atoms with Gasteiger partial charge in [-0.15, -0.1) is 0 Å². The van der Waals surface area contributed by atoms with Crippen molar-refractivity contribution in [1.82, 2.24) is 9.66 Å². The van der Waals surface area contributed by atoms with Gasteiger partial charge in [-0.2, -0.15) is 9.78 Å². The van der Waals surface area contributed by atoms with E-state index in [0.29, 0.717) is 42.4 Å². The summed E-state index contributed by atoms with van der Waals surface area (Å²) >= 11 is 15.7. The highest BCUT2D eigenvalue weighted by molar-refractivity contribution is 9.10. The van der Waals surface area contributed by atoms with Crippen LogP contribution in [0.3, 0.4) is 0 Å². The fourth-order valence-electron chi connectivity index (χ4n) is 4.87. The molecule has 0 saturated heterocycles. The molecular formula is C33H27BrCl2N4O5. The van der Waals surface area contributed by atoms with Gasteiger partial charge >= 0.3 is 5.69 Å². The number of methoxy groups -OCH3 is 1. The van der Waals surface area contributed by atoms with Crippen molar-refractivity contribution >= 4 is 61.9 Å². The highest BCUT2D eigenvalue weighted by Crippen LogP contribution is 2.36. The Balaban J connectivity index is 1.70. The smallest absolute Gasteiger partial charge is 0.312 e. The lowest BCUT2D eigenvalue weighted by Crippen LogP contribution is -2.21. The molecule has 0 spiro atoms. The molecule has 0 atom stereocenters. The molecule has 4 aromatic carbocycles. The Hall–Kier alpha value is -4.25. The molecule has 0 unspecified atom stereocenters. The maximum Gasteiger partial charge on any atom is 0.312 e. The molecule has 0 aliphatic heterocycles. The van der Waals surface area contributed by atoms with Gasteiger partial charge in [0.15, 0.2) is 5.82 Å². The van der Waals surface area contributed by atoms with E-state index in [9.17, 15) is 14.9 Å². The van der Waals surface area contributed by atoms with Crippen LogP contribution in [0.25, 0.3) is 22.3 Å². The fraction of sp³-hybridized carbons (Fsp3) is 0.182. The van der Waals surface area contributed by atoms with Crippen LogP contribution in [-0.4, -0.2) is 27.9 Å². The predicted octanol–water partition coefficient (Wildman–Crippen LogP) is 8.94. The SMILES string of the molecule is COc1cc(C)c(-c2nc3ccccc3c(=O)n2N=Cc2cc(Br)cc([N+](=O)[O-])c2OCc2ccc(Cl)cc2Cl)cc1C(C)C. The molecule has 230 valence electrons. The molecule has 12 heteroatoms. The maximum atomic E-state index is 13.9. The normalized spacial score (nSPS) is 11.5. The second-order valence-electron chi connectivity index (χ2n) is 10.5. The van der Waals surface area contributed by atoms with E-state index in [0.717, 1.165) is 16.9 Å². The first-order valence-electron chi connectivity index (χ1n) is 13.8. The van der Waals surface area contributed by atoms with E-state index in [2.05, 4.69) is 34.9 Å². The van der Waals surface area contributed by atoms with Gasteiger partial charge in [-0.05, 0) is 66.4 Å². The van der Waals surface area contributed by atoms with Crippen molar-refractivity contribution in [2.45, 2.75) is 33.3 Å². The van der Waals surface area contributed by atoms with Gasteiger partial charge in [0.05, 0.1) is 29.2 Å². The third kappa shape index (κ3) is 6.73. The summed E-state index contributed by atoms with van der Waals surface area (Å²) in [6.07, 6.45) is 1.35. The number of halogens is 3. The van der Waals surface area contributed by atoms with Crippen LogP contribution in [0, 0.1) is 17.0 Å². The number of hydrogen-bond acceptors (Lipinski definition) is 7. The monoisotopic (exact) mass is 708 g/mol. The van der Waals surface area contributed by atoms with Gasteiger partial charge in [0.25, 0.3) is 5.56 Å². The molecule has 0 bridgehead atoms. The largest absolute Gasteiger partial charge is 0.496 e. The lowest BCUT2D eigenvalue weighted by atomic mass is 9.96. The number of aryl methyl sites for hydroxylation is 1. The van der Waals surface area contributed by atoms with Crippen molar-refractivity contribution < 1.29 is 14.4 Å². The van der Waals surface area contributed by atoms with E-state index in [1.54, 1.807) is 49.6 Å². The number of aromatic nitrogens is 2. The van der Waals surface area contributed by atoms with Crippen molar-refractivity contribution in [3.63, 3.8) is 0 Å². The Morgan fingerprint density at radius 2 is 1.87 bits per heavy atom. The van der Waals surface area contributed by atoms with E-state index in [1.807, 2.05) is 25.1 Å². The summed E-state index contributed by atoms with van der Waals surface area (Å²) in [5.41, 5.74) is 3.08. The minimum absolute atomic E-state index is 0.0518. The molecule has 0 amide bonds. The van der Waals surface area contributed by atoms with Crippen LogP contribution in [0.1, 0.15) is 42.0 Å². The number of para-hydroxylation sites is 1. The number of nitro groups is 1. The lowest BCUT2D eigenvalue weighted by molar-refractivity contribution is -0.386. The minimum Gasteiger partial charge on any atom is -0.496 e. The topological polar surface area (TPSA) is 109 Å². The molecule has 1 heterocycles. The quantitative estimate of drug-likeness (QED) is 0.0859. The molecule has 0 fully saturated rings. The molecule has 0 aliphatic carbocycles. The van der Waals surface area contributed by atoms with Crippen LogP contribution in [0.5, 0.6) is 11.5 Å². The number of ether oxygens (including phenoxy) is 2. The highest BCUT2D eigenvalue weighted by Gasteiger charge is 2.22. The van der Waals surface area contributed by atoms with Gasteiger partial charge in [-0.3, -0.25) is 14.9 Å². The molecule has 0 aliphatic rings. The summed E-state index contributed by atoms with van der Waals surface area (Å²) in [6.45, 7) is 5.93. The summed E-state index contributed by atoms with van der Waals surface area (Å²) in [5, 5.41) is 17.8. The Bertz CT molecular complexity index is 2050. The van der Waals surface area contributed by atoms with E-state index < -0.39 is 10.5 Å². The number of fused-ring (bicyclic) bond motifs is 1. The van der Waals surface area contributed by atoms with Gasteiger partial charge in [-0.1, -0.05) is 71.2 Å². The third-order valence-corrected chi connectivity index (χ3v) is 8.20. The zero-order chi connectivity index (χ0) is 32.4. The Morgan fingerprint density at radius 1 is 1.11 bits per heavy atom. The molecule has 9 nitrogen and oxygen atoms in total. The van der Waals surface area contributed by atoms with Crippen LogP contribution in [0.4, 0.5) is 5.69 Å². The second kappa shape index (κ2) is 13.4. The number of hydrogen-bond donors (Lipinski definition) is 0. The summed E-state index contributed by atoms with van der Waals surface area (Å²) < 4.78 is 13.2. The average Bonchev–Trinajstić information content (AvgIpc) is 3.00. The standard InChI is InChI=1S/C33H27BrCl2N4O5/c1-18(2)25-15-26(19(3)11-30(25)44-4)32-38-28-8-6-5-7-24(28)33(41)39(32)37-16-21-12-22(34)13-29(40(42)43)31(21)45-17-20-9-10-23(35)14-27(20)36/h5-16,18H,17H2,1-4H3. The first-order chi connectivity index (χ1) is 21.5. The summed E-state index contributed by atoms with van der Waals surface area (Å²) in [6, 6.07) is 18.7. The van der Waals surface area contributed by atoms with Gasteiger partial charge in [0.2, 0.25) is 5.75 Å². The number of nitrogens with zero attached hydrogens (tertiary/aromatic N) is 4. The van der Waals surface area contributed by atoms with Crippen molar-refractivity contribution in [2.24, 2.45) is 5.10 Å². The van der Waals surface area contributed by atoms with Crippen LogP contribution >= 0.6 is 39.1 Å². The van der Waals surface area contributed by atoms with Crippen molar-refractivity contribution in [1.29, 1.82) is 0 Å². The van der Waals surface area contributed by atoms with Crippen molar-refractivity contribution in [3.8, 4) is 22.9 Å². The van der Waals surface area contributed by atoms with Gasteiger partial charge in [0, 0.05) is 37.3 Å². The molecule has 5 rings (SSSR count). The zero-order valence-electron chi connectivity index (χ0n) is 24.7. The van der Waals surface area contributed by atoms with E-state index in [-0.39, 0.29) is 29.5 Å². The van der Waals surface area contributed by atoms with Gasteiger partial charge in [0.1, 0.15) is 12.4 Å². The molecule has 1 aromatic heterocycles. The van der Waals surface area contributed by atoms with Crippen LogP contribution in [0.15, 0.2) is 81.1 Å². The van der Waals surface area contributed by atoms with E-state index in [4.69, 9.17) is 37.7 Å².